The number of rotatable bonds is 5. The van der Waals surface area contributed by atoms with Crippen molar-refractivity contribution in [2.24, 2.45) is 0 Å². The normalized spacial score (nSPS) is 11.3. The Hall–Kier alpha value is -1.05. The Morgan fingerprint density at radius 2 is 1.76 bits per heavy atom. The largest absolute Gasteiger partial charge is 0.492 e. The van der Waals surface area contributed by atoms with Gasteiger partial charge in [0.25, 0.3) is 0 Å². The Morgan fingerprint density at radius 3 is 2.48 bits per heavy atom. The third-order valence-electron chi connectivity index (χ3n) is 2.73. The SMILES string of the molecule is Nc1ccc(Br)cc1S(=O)(=O)CCOc1cccc(Br)c1. The lowest BCUT2D eigenvalue weighted by atomic mass is 10.3. The van der Waals surface area contributed by atoms with Crippen molar-refractivity contribution < 1.29 is 13.2 Å². The van der Waals surface area contributed by atoms with Gasteiger partial charge in [0, 0.05) is 8.95 Å². The van der Waals surface area contributed by atoms with Crippen LogP contribution in [-0.4, -0.2) is 20.8 Å². The maximum absolute atomic E-state index is 12.3. The van der Waals surface area contributed by atoms with Crippen LogP contribution in [-0.2, 0) is 9.84 Å². The summed E-state index contributed by atoms with van der Waals surface area (Å²) in [5, 5.41) is 0. The van der Waals surface area contributed by atoms with Crippen molar-refractivity contribution in [2.75, 3.05) is 18.1 Å². The first-order valence-electron chi connectivity index (χ1n) is 6.04. The number of nitrogen functional groups attached to an aromatic ring is 1. The highest BCUT2D eigenvalue weighted by molar-refractivity contribution is 9.10. The second-order valence-electron chi connectivity index (χ2n) is 4.31. The van der Waals surface area contributed by atoms with E-state index in [-0.39, 0.29) is 22.9 Å². The van der Waals surface area contributed by atoms with Crippen molar-refractivity contribution in [1.29, 1.82) is 0 Å². The van der Waals surface area contributed by atoms with E-state index >= 15 is 0 Å². The van der Waals surface area contributed by atoms with Gasteiger partial charge in [0.05, 0.1) is 16.3 Å². The van der Waals surface area contributed by atoms with Gasteiger partial charge >= 0.3 is 0 Å². The molecule has 112 valence electrons. The summed E-state index contributed by atoms with van der Waals surface area (Å²) in [5.41, 5.74) is 5.97. The molecule has 7 heteroatoms. The van der Waals surface area contributed by atoms with Gasteiger partial charge in [-0.3, -0.25) is 0 Å². The second-order valence-corrected chi connectivity index (χ2v) is 8.22. The Bertz CT molecular complexity index is 748. The molecule has 0 aliphatic heterocycles. The molecule has 2 N–H and O–H groups in total. The number of nitrogens with two attached hydrogens (primary N) is 1. The Kier molecular flexibility index (Phi) is 5.29. The highest BCUT2D eigenvalue weighted by atomic mass is 79.9. The summed E-state index contributed by atoms with van der Waals surface area (Å²) in [5.74, 6) is 0.474. The number of anilines is 1. The summed E-state index contributed by atoms with van der Waals surface area (Å²) in [6.07, 6.45) is 0. The van der Waals surface area contributed by atoms with Crippen molar-refractivity contribution >= 4 is 47.4 Å². The van der Waals surface area contributed by atoms with Gasteiger partial charge in [-0.15, -0.1) is 0 Å². The van der Waals surface area contributed by atoms with Gasteiger partial charge in [0.15, 0.2) is 9.84 Å². The first kappa shape index (κ1) is 16.3. The molecular weight excluding hydrogens is 422 g/mol. The second kappa shape index (κ2) is 6.81. The van der Waals surface area contributed by atoms with E-state index in [9.17, 15) is 8.42 Å². The summed E-state index contributed by atoms with van der Waals surface area (Å²) in [6, 6.07) is 12.0. The monoisotopic (exact) mass is 433 g/mol. The van der Waals surface area contributed by atoms with Crippen molar-refractivity contribution in [3.63, 3.8) is 0 Å². The molecule has 0 radical (unpaired) electrons. The van der Waals surface area contributed by atoms with Crippen LogP contribution in [0.5, 0.6) is 5.75 Å². The van der Waals surface area contributed by atoms with Crippen LogP contribution >= 0.6 is 31.9 Å². The smallest absolute Gasteiger partial charge is 0.183 e. The third kappa shape index (κ3) is 4.46. The summed E-state index contributed by atoms with van der Waals surface area (Å²) in [4.78, 5) is 0.120. The average Bonchev–Trinajstić information content (AvgIpc) is 2.41. The summed E-state index contributed by atoms with van der Waals surface area (Å²) >= 11 is 6.57. The molecule has 0 saturated heterocycles. The minimum absolute atomic E-state index is 0.0603. The molecule has 0 fully saturated rings. The number of hydrogen-bond donors (Lipinski definition) is 1. The fraction of sp³-hybridized carbons (Fsp3) is 0.143. The molecule has 2 aromatic rings. The zero-order chi connectivity index (χ0) is 15.5. The van der Waals surface area contributed by atoms with E-state index in [1.54, 1.807) is 24.3 Å². The fourth-order valence-electron chi connectivity index (χ4n) is 1.71. The first-order valence-corrected chi connectivity index (χ1v) is 9.28. The molecule has 0 atom stereocenters. The summed E-state index contributed by atoms with van der Waals surface area (Å²) < 4.78 is 31.5. The summed E-state index contributed by atoms with van der Waals surface area (Å²) in [6.45, 7) is 0.0603. The predicted octanol–water partition coefficient (Wildman–Crippen LogP) is 3.65. The zero-order valence-electron chi connectivity index (χ0n) is 10.9. The quantitative estimate of drug-likeness (QED) is 0.729. The van der Waals surface area contributed by atoms with Crippen LogP contribution in [0.25, 0.3) is 0 Å². The lowest BCUT2D eigenvalue weighted by molar-refractivity contribution is 0.340. The minimum Gasteiger partial charge on any atom is -0.492 e. The van der Waals surface area contributed by atoms with Crippen LogP contribution in [0.3, 0.4) is 0 Å². The first-order chi connectivity index (χ1) is 9.88. The molecular formula is C14H13Br2NO3S. The molecule has 0 heterocycles. The Labute approximate surface area is 140 Å². The molecule has 0 aliphatic carbocycles. The van der Waals surface area contributed by atoms with Crippen molar-refractivity contribution in [3.05, 3.63) is 51.4 Å². The molecule has 2 aromatic carbocycles. The molecule has 0 aliphatic rings. The highest BCUT2D eigenvalue weighted by Crippen LogP contribution is 2.24. The van der Waals surface area contributed by atoms with Crippen molar-refractivity contribution in [2.45, 2.75) is 4.90 Å². The maximum Gasteiger partial charge on any atom is 0.183 e. The molecule has 0 unspecified atom stereocenters. The van der Waals surface area contributed by atoms with Gasteiger partial charge < -0.3 is 10.5 Å². The predicted molar refractivity (Wildman–Crippen MR) is 90.2 cm³/mol. The number of hydrogen-bond acceptors (Lipinski definition) is 4. The minimum atomic E-state index is -3.49. The zero-order valence-corrected chi connectivity index (χ0v) is 14.9. The van der Waals surface area contributed by atoms with Crippen LogP contribution in [0.1, 0.15) is 0 Å². The molecule has 0 saturated carbocycles. The van der Waals surface area contributed by atoms with Crippen LogP contribution in [0.4, 0.5) is 5.69 Å². The number of benzene rings is 2. The van der Waals surface area contributed by atoms with E-state index in [1.807, 2.05) is 12.1 Å². The molecule has 0 aromatic heterocycles. The third-order valence-corrected chi connectivity index (χ3v) is 5.44. The van der Waals surface area contributed by atoms with Gasteiger partial charge in [-0.1, -0.05) is 37.9 Å². The standard InChI is InChI=1S/C14H13Br2NO3S/c15-10-2-1-3-12(8-10)20-6-7-21(18,19)14-9-11(16)4-5-13(14)17/h1-5,8-9H,6-7,17H2. The van der Waals surface area contributed by atoms with Gasteiger partial charge in [-0.2, -0.15) is 0 Å². The fourth-order valence-corrected chi connectivity index (χ4v) is 3.86. The van der Waals surface area contributed by atoms with Crippen LogP contribution in [0, 0.1) is 0 Å². The maximum atomic E-state index is 12.3. The summed E-state index contributed by atoms with van der Waals surface area (Å²) in [7, 11) is -3.49. The highest BCUT2D eigenvalue weighted by Gasteiger charge is 2.18. The van der Waals surface area contributed by atoms with E-state index in [1.165, 1.54) is 6.07 Å². The van der Waals surface area contributed by atoms with E-state index in [2.05, 4.69) is 31.9 Å². The number of halogens is 2. The van der Waals surface area contributed by atoms with Gasteiger partial charge in [0.1, 0.15) is 12.4 Å². The lowest BCUT2D eigenvalue weighted by Gasteiger charge is -2.09. The van der Waals surface area contributed by atoms with E-state index in [0.717, 1.165) is 4.47 Å². The lowest BCUT2D eigenvalue weighted by Crippen LogP contribution is -2.15. The number of sulfone groups is 1. The molecule has 2 rings (SSSR count). The van der Waals surface area contributed by atoms with Gasteiger partial charge in [0.2, 0.25) is 0 Å². The van der Waals surface area contributed by atoms with E-state index < -0.39 is 9.84 Å². The Balaban J connectivity index is 2.06. The van der Waals surface area contributed by atoms with E-state index in [0.29, 0.717) is 10.2 Å². The molecule has 21 heavy (non-hydrogen) atoms. The Morgan fingerprint density at radius 1 is 1.05 bits per heavy atom. The molecule has 0 amide bonds. The van der Waals surface area contributed by atoms with Crippen LogP contribution < -0.4 is 10.5 Å². The van der Waals surface area contributed by atoms with Crippen LogP contribution in [0.2, 0.25) is 0 Å². The molecule has 0 spiro atoms. The topological polar surface area (TPSA) is 69.4 Å². The van der Waals surface area contributed by atoms with E-state index in [4.69, 9.17) is 10.5 Å². The van der Waals surface area contributed by atoms with Gasteiger partial charge in [-0.25, -0.2) is 8.42 Å². The van der Waals surface area contributed by atoms with Crippen LogP contribution in [0.15, 0.2) is 56.3 Å². The average molecular weight is 435 g/mol. The molecule has 0 bridgehead atoms. The molecule has 4 nitrogen and oxygen atoms in total. The van der Waals surface area contributed by atoms with Gasteiger partial charge in [-0.05, 0) is 36.4 Å². The number of ether oxygens (including phenoxy) is 1. The van der Waals surface area contributed by atoms with Crippen molar-refractivity contribution in [3.8, 4) is 5.75 Å². The van der Waals surface area contributed by atoms with Crippen molar-refractivity contribution in [1.82, 2.24) is 0 Å².